The lowest BCUT2D eigenvalue weighted by molar-refractivity contribution is -0.127. The van der Waals surface area contributed by atoms with Gasteiger partial charge >= 0.3 is 0 Å². The molecule has 0 fully saturated rings. The molecule has 0 radical (unpaired) electrons. The molecule has 2 N–H and O–H groups in total. The second-order valence-electron chi connectivity index (χ2n) is 6.02. The average molecular weight is 335 g/mol. The molecule has 0 unspecified atom stereocenters. The van der Waals surface area contributed by atoms with E-state index in [1.165, 1.54) is 7.11 Å². The number of benzene rings is 2. The zero-order valence-electron chi connectivity index (χ0n) is 14.6. The van der Waals surface area contributed by atoms with Crippen molar-refractivity contribution in [2.24, 2.45) is 5.84 Å². The third-order valence-corrected chi connectivity index (χ3v) is 4.39. The maximum absolute atomic E-state index is 12.2. The van der Waals surface area contributed by atoms with Gasteiger partial charge in [-0.2, -0.15) is 0 Å². The molecule has 128 valence electrons. The third kappa shape index (κ3) is 3.38. The number of ether oxygens (including phenoxy) is 1. The van der Waals surface area contributed by atoms with Crippen molar-refractivity contribution in [2.45, 2.75) is 20.0 Å². The van der Waals surface area contributed by atoms with Gasteiger partial charge in [-0.05, 0) is 60.2 Å². The summed E-state index contributed by atoms with van der Waals surface area (Å²) >= 11 is 0. The molecule has 0 saturated heterocycles. The van der Waals surface area contributed by atoms with E-state index in [9.17, 15) is 4.79 Å². The highest BCUT2D eigenvalue weighted by atomic mass is 16.5. The van der Waals surface area contributed by atoms with Crippen LogP contribution in [0.5, 0.6) is 0 Å². The van der Waals surface area contributed by atoms with Gasteiger partial charge in [0.15, 0.2) is 0 Å². The normalized spacial score (nSPS) is 12.2. The maximum Gasteiger partial charge on any atom is 0.269 e. The minimum absolute atomic E-state index is 0.292. The van der Waals surface area contributed by atoms with Gasteiger partial charge in [0.2, 0.25) is 0 Å². The van der Waals surface area contributed by atoms with Gasteiger partial charge in [-0.1, -0.05) is 18.2 Å². The van der Waals surface area contributed by atoms with Crippen molar-refractivity contribution in [2.75, 3.05) is 12.1 Å². The Morgan fingerprint density at radius 1 is 1.16 bits per heavy atom. The SMILES string of the molecule is CO[C@@H](C)C(=O)N(N)c1ccc(C)c(-c2ccc3ccncc3c2)c1. The monoisotopic (exact) mass is 335 g/mol. The number of amides is 1. The van der Waals surface area contributed by atoms with Gasteiger partial charge in [-0.15, -0.1) is 0 Å². The van der Waals surface area contributed by atoms with Crippen molar-refractivity contribution in [3.05, 3.63) is 60.4 Å². The lowest BCUT2D eigenvalue weighted by atomic mass is 9.97. The molecule has 3 aromatic rings. The van der Waals surface area contributed by atoms with E-state index in [1.807, 2.05) is 37.4 Å². The number of hydrogen-bond acceptors (Lipinski definition) is 4. The van der Waals surface area contributed by atoms with Crippen LogP contribution in [0.4, 0.5) is 5.69 Å². The Hall–Kier alpha value is -2.76. The summed E-state index contributed by atoms with van der Waals surface area (Å²) in [7, 11) is 1.49. The fourth-order valence-electron chi connectivity index (χ4n) is 2.75. The van der Waals surface area contributed by atoms with Crippen LogP contribution in [0.1, 0.15) is 12.5 Å². The van der Waals surface area contributed by atoms with Gasteiger partial charge in [0.25, 0.3) is 5.91 Å². The molecular weight excluding hydrogens is 314 g/mol. The van der Waals surface area contributed by atoms with Crippen molar-refractivity contribution >= 4 is 22.4 Å². The molecule has 2 aromatic carbocycles. The molecule has 1 heterocycles. The highest BCUT2D eigenvalue weighted by Gasteiger charge is 2.19. The van der Waals surface area contributed by atoms with Crippen LogP contribution in [0.3, 0.4) is 0 Å². The summed E-state index contributed by atoms with van der Waals surface area (Å²) in [5, 5.41) is 3.34. The van der Waals surface area contributed by atoms with Gasteiger partial charge in [-0.25, -0.2) is 10.9 Å². The van der Waals surface area contributed by atoms with E-state index in [0.29, 0.717) is 5.69 Å². The zero-order chi connectivity index (χ0) is 18.0. The Morgan fingerprint density at radius 3 is 2.72 bits per heavy atom. The lowest BCUT2D eigenvalue weighted by Gasteiger charge is -2.21. The Kier molecular flexibility index (Phi) is 4.79. The largest absolute Gasteiger partial charge is 0.372 e. The number of fused-ring (bicyclic) bond motifs is 1. The van der Waals surface area contributed by atoms with Crippen LogP contribution in [-0.4, -0.2) is 24.1 Å². The summed E-state index contributed by atoms with van der Waals surface area (Å²) in [6, 6.07) is 13.9. The molecule has 0 saturated carbocycles. The number of nitrogens with two attached hydrogens (primary N) is 1. The lowest BCUT2D eigenvalue weighted by Crippen LogP contribution is -2.43. The van der Waals surface area contributed by atoms with Crippen molar-refractivity contribution in [3.63, 3.8) is 0 Å². The number of hydrogen-bond donors (Lipinski definition) is 1. The van der Waals surface area contributed by atoms with Crippen LogP contribution < -0.4 is 10.9 Å². The molecule has 0 aliphatic heterocycles. The van der Waals surface area contributed by atoms with Gasteiger partial charge in [0.05, 0.1) is 5.69 Å². The molecule has 0 aliphatic carbocycles. The number of pyridine rings is 1. The number of hydrazine groups is 1. The number of carbonyl (C=O) groups excluding carboxylic acids is 1. The number of methoxy groups -OCH3 is 1. The number of aromatic nitrogens is 1. The Bertz CT molecular complexity index is 924. The van der Waals surface area contributed by atoms with E-state index in [0.717, 1.165) is 32.5 Å². The molecule has 1 amide bonds. The van der Waals surface area contributed by atoms with Crippen LogP contribution in [-0.2, 0) is 9.53 Å². The minimum atomic E-state index is -0.596. The van der Waals surface area contributed by atoms with Crippen LogP contribution in [0.25, 0.3) is 21.9 Å². The Labute approximate surface area is 147 Å². The van der Waals surface area contributed by atoms with Crippen LogP contribution in [0, 0.1) is 6.92 Å². The molecular formula is C20H21N3O2. The van der Waals surface area contributed by atoms with Gasteiger partial charge in [0.1, 0.15) is 6.10 Å². The minimum Gasteiger partial charge on any atom is -0.372 e. The second-order valence-corrected chi connectivity index (χ2v) is 6.02. The fraction of sp³-hybridized carbons (Fsp3) is 0.200. The first-order valence-corrected chi connectivity index (χ1v) is 8.07. The molecule has 25 heavy (non-hydrogen) atoms. The van der Waals surface area contributed by atoms with Crippen LogP contribution in [0.15, 0.2) is 54.9 Å². The molecule has 5 nitrogen and oxygen atoms in total. The zero-order valence-corrected chi connectivity index (χ0v) is 14.6. The summed E-state index contributed by atoms with van der Waals surface area (Å²) in [4.78, 5) is 16.4. The molecule has 0 bridgehead atoms. The van der Waals surface area contributed by atoms with E-state index >= 15 is 0 Å². The predicted octanol–water partition coefficient (Wildman–Crippen LogP) is 3.45. The first-order valence-electron chi connectivity index (χ1n) is 8.07. The third-order valence-electron chi connectivity index (χ3n) is 4.39. The maximum atomic E-state index is 12.2. The number of nitrogens with zero attached hydrogens (tertiary/aromatic N) is 2. The average Bonchev–Trinajstić information content (AvgIpc) is 2.66. The number of rotatable bonds is 4. The van der Waals surface area contributed by atoms with E-state index < -0.39 is 6.10 Å². The van der Waals surface area contributed by atoms with Gasteiger partial charge in [0, 0.05) is 24.9 Å². The Morgan fingerprint density at radius 2 is 1.96 bits per heavy atom. The van der Waals surface area contributed by atoms with Gasteiger partial charge in [-0.3, -0.25) is 9.78 Å². The van der Waals surface area contributed by atoms with Crippen molar-refractivity contribution in [3.8, 4) is 11.1 Å². The number of aryl methyl sites for hydroxylation is 1. The Balaban J connectivity index is 2.02. The van der Waals surface area contributed by atoms with Crippen molar-refractivity contribution < 1.29 is 9.53 Å². The van der Waals surface area contributed by atoms with Gasteiger partial charge < -0.3 is 4.74 Å². The van der Waals surface area contributed by atoms with E-state index in [-0.39, 0.29) is 5.91 Å². The van der Waals surface area contributed by atoms with E-state index in [4.69, 9.17) is 10.6 Å². The number of carbonyl (C=O) groups is 1. The van der Waals surface area contributed by atoms with E-state index in [2.05, 4.69) is 23.2 Å². The molecule has 5 heteroatoms. The molecule has 1 aromatic heterocycles. The van der Waals surface area contributed by atoms with E-state index in [1.54, 1.807) is 13.1 Å². The first-order chi connectivity index (χ1) is 12.0. The number of anilines is 1. The molecule has 0 spiro atoms. The van der Waals surface area contributed by atoms with Crippen LogP contribution >= 0.6 is 0 Å². The molecule has 3 rings (SSSR count). The second kappa shape index (κ2) is 7.01. The summed E-state index contributed by atoms with van der Waals surface area (Å²) < 4.78 is 5.06. The van der Waals surface area contributed by atoms with Crippen molar-refractivity contribution in [1.82, 2.24) is 4.98 Å². The topological polar surface area (TPSA) is 68.5 Å². The summed E-state index contributed by atoms with van der Waals surface area (Å²) in [6.07, 6.45) is 3.03. The predicted molar refractivity (Wildman–Crippen MR) is 100 cm³/mol. The summed E-state index contributed by atoms with van der Waals surface area (Å²) in [5.41, 5.74) is 3.81. The quantitative estimate of drug-likeness (QED) is 0.450. The van der Waals surface area contributed by atoms with Crippen LogP contribution in [0.2, 0.25) is 0 Å². The standard InChI is InChI=1S/C20H21N3O2/c1-13-4-7-18(23(21)20(24)14(2)25-3)11-19(13)16-6-5-15-8-9-22-12-17(15)10-16/h4-12,14H,21H2,1-3H3/t14-/m0/s1. The fourth-order valence-corrected chi connectivity index (χ4v) is 2.75. The smallest absolute Gasteiger partial charge is 0.269 e. The highest BCUT2D eigenvalue weighted by Crippen LogP contribution is 2.30. The molecule has 1 atom stereocenters. The first kappa shape index (κ1) is 17.1. The summed E-state index contributed by atoms with van der Waals surface area (Å²) in [6.45, 7) is 3.71. The summed E-state index contributed by atoms with van der Waals surface area (Å²) in [5.74, 6) is 5.70. The highest BCUT2D eigenvalue weighted by molar-refractivity contribution is 5.96. The van der Waals surface area contributed by atoms with Crippen molar-refractivity contribution in [1.29, 1.82) is 0 Å². The molecule has 0 aliphatic rings.